The minimum absolute atomic E-state index is 0.120. The van der Waals surface area contributed by atoms with Gasteiger partial charge in [0, 0.05) is 6.42 Å². The van der Waals surface area contributed by atoms with Crippen LogP contribution in [0.5, 0.6) is 0 Å². The van der Waals surface area contributed by atoms with E-state index in [0.717, 1.165) is 25.7 Å². The Balaban J connectivity index is 3.28. The van der Waals surface area contributed by atoms with Crippen molar-refractivity contribution >= 4 is 5.97 Å². The van der Waals surface area contributed by atoms with Gasteiger partial charge in [-0.15, -0.1) is 0 Å². The van der Waals surface area contributed by atoms with E-state index in [-0.39, 0.29) is 19.2 Å². The Kier molecular flexibility index (Phi) is 8.57. The van der Waals surface area contributed by atoms with Crippen molar-refractivity contribution in [3.63, 3.8) is 0 Å². The van der Waals surface area contributed by atoms with Crippen molar-refractivity contribution < 1.29 is 19.7 Å². The van der Waals surface area contributed by atoms with Crippen LogP contribution in [0.15, 0.2) is 0 Å². The maximum atomic E-state index is 11.0. The van der Waals surface area contributed by atoms with Crippen LogP contribution < -0.4 is 0 Å². The highest BCUT2D eigenvalue weighted by Crippen LogP contribution is 2.03. The lowest BCUT2D eigenvalue weighted by Crippen LogP contribution is -2.21. The van der Waals surface area contributed by atoms with Crippen LogP contribution in [-0.4, -0.2) is 35.5 Å². The Morgan fingerprint density at radius 2 is 2.07 bits per heavy atom. The third-order valence-corrected chi connectivity index (χ3v) is 1.78. The van der Waals surface area contributed by atoms with E-state index in [0.29, 0.717) is 6.42 Å². The van der Waals surface area contributed by atoms with Gasteiger partial charge in [0.15, 0.2) is 0 Å². The topological polar surface area (TPSA) is 66.8 Å². The average Bonchev–Trinajstić information content (AvgIpc) is 2.21. The van der Waals surface area contributed by atoms with Crippen molar-refractivity contribution in [3.8, 4) is 0 Å². The van der Waals surface area contributed by atoms with Gasteiger partial charge in [0.05, 0.1) is 6.61 Å². The van der Waals surface area contributed by atoms with Crippen molar-refractivity contribution in [2.75, 3.05) is 13.2 Å². The molecule has 0 aromatic carbocycles. The molecule has 0 fully saturated rings. The highest BCUT2D eigenvalue weighted by atomic mass is 16.5. The normalized spacial score (nSPS) is 12.5. The molecule has 0 saturated heterocycles. The van der Waals surface area contributed by atoms with Crippen LogP contribution in [0.4, 0.5) is 0 Å². The first-order valence-corrected chi connectivity index (χ1v) is 4.94. The molecule has 0 heterocycles. The quantitative estimate of drug-likeness (QED) is 0.345. The summed E-state index contributed by atoms with van der Waals surface area (Å²) in [4.78, 5) is 11.0. The second-order valence-electron chi connectivity index (χ2n) is 3.18. The Hall–Kier alpha value is -0.610. The maximum Gasteiger partial charge on any atom is 0.305 e. The van der Waals surface area contributed by atoms with E-state index in [1.54, 1.807) is 0 Å². The molecule has 0 rings (SSSR count). The molecule has 0 amide bonds. The van der Waals surface area contributed by atoms with Crippen molar-refractivity contribution in [2.24, 2.45) is 0 Å². The van der Waals surface area contributed by atoms with Crippen molar-refractivity contribution in [2.45, 2.75) is 38.2 Å². The van der Waals surface area contributed by atoms with E-state index < -0.39 is 6.10 Å². The number of aliphatic hydroxyl groups excluding tert-OH is 2. The molecule has 1 atom stereocenters. The van der Waals surface area contributed by atoms with Gasteiger partial charge in [0.1, 0.15) is 12.7 Å². The summed E-state index contributed by atoms with van der Waals surface area (Å²) in [5.74, 6) is -0.318. The van der Waals surface area contributed by atoms with Gasteiger partial charge < -0.3 is 21.9 Å². The zero-order valence-corrected chi connectivity index (χ0v) is 8.45. The molecule has 0 saturated carbocycles. The molecule has 0 spiro atoms. The van der Waals surface area contributed by atoms with Crippen LogP contribution in [0, 0.1) is 6.92 Å². The molecule has 14 heavy (non-hydrogen) atoms. The molecule has 0 radical (unpaired) electrons. The molecule has 0 aromatic heterocycles. The monoisotopic (exact) mass is 203 g/mol. The van der Waals surface area contributed by atoms with Gasteiger partial charge in [0.25, 0.3) is 0 Å². The van der Waals surface area contributed by atoms with Gasteiger partial charge in [-0.2, -0.15) is 6.42 Å². The van der Waals surface area contributed by atoms with E-state index in [1.165, 1.54) is 0 Å². The van der Waals surface area contributed by atoms with Crippen LogP contribution >= 0.6 is 0 Å². The minimum Gasteiger partial charge on any atom is -0.463 e. The standard InChI is InChI=1S/C10H19O4/c1-2-3-4-5-6-10(13)14-8-9(12)7-11/h9,11-12H,1-8H2/q-1/t9-/m1/s1. The summed E-state index contributed by atoms with van der Waals surface area (Å²) < 4.78 is 4.71. The summed E-state index contributed by atoms with van der Waals surface area (Å²) in [7, 11) is 0. The fourth-order valence-corrected chi connectivity index (χ4v) is 0.937. The molecule has 4 heteroatoms. The van der Waals surface area contributed by atoms with Crippen LogP contribution in [0.25, 0.3) is 0 Å². The second-order valence-corrected chi connectivity index (χ2v) is 3.18. The second kappa shape index (κ2) is 8.97. The molecule has 0 aliphatic rings. The molecule has 0 aliphatic carbocycles. The summed E-state index contributed by atoms with van der Waals surface area (Å²) >= 11 is 0. The Morgan fingerprint density at radius 3 is 2.64 bits per heavy atom. The van der Waals surface area contributed by atoms with Gasteiger partial charge in [-0.3, -0.25) is 4.79 Å². The number of hydrogen-bond donors (Lipinski definition) is 2. The van der Waals surface area contributed by atoms with Gasteiger partial charge in [0.2, 0.25) is 0 Å². The maximum absolute atomic E-state index is 11.0. The summed E-state index contributed by atoms with van der Waals surface area (Å²) in [5, 5.41) is 17.3. The SMILES string of the molecule is [CH2-]CCCCCC(=O)OC[C@H](O)CO. The average molecular weight is 203 g/mol. The third-order valence-electron chi connectivity index (χ3n) is 1.78. The fraction of sp³-hybridized carbons (Fsp3) is 0.800. The lowest BCUT2D eigenvalue weighted by molar-refractivity contribution is -0.147. The largest absolute Gasteiger partial charge is 0.463 e. The van der Waals surface area contributed by atoms with E-state index in [1.807, 2.05) is 0 Å². The zero-order chi connectivity index (χ0) is 10.8. The number of rotatable bonds is 8. The summed E-state index contributed by atoms with van der Waals surface area (Å²) in [5.41, 5.74) is 0. The highest BCUT2D eigenvalue weighted by Gasteiger charge is 2.06. The molecule has 0 unspecified atom stereocenters. The summed E-state index contributed by atoms with van der Waals surface area (Å²) in [6.45, 7) is 3.20. The highest BCUT2D eigenvalue weighted by molar-refractivity contribution is 5.69. The smallest absolute Gasteiger partial charge is 0.305 e. The number of hydrogen-bond acceptors (Lipinski definition) is 4. The predicted octanol–water partition coefficient (Wildman–Crippen LogP) is 0.667. The fourth-order valence-electron chi connectivity index (χ4n) is 0.937. The number of esters is 1. The Bertz CT molecular complexity index is 147. The summed E-state index contributed by atoms with van der Waals surface area (Å²) in [6.07, 6.45) is 3.09. The van der Waals surface area contributed by atoms with Gasteiger partial charge in [-0.05, 0) is 6.42 Å². The van der Waals surface area contributed by atoms with Crippen molar-refractivity contribution in [1.29, 1.82) is 0 Å². The number of unbranched alkanes of at least 4 members (excludes halogenated alkanes) is 3. The molecule has 0 bridgehead atoms. The molecule has 4 nitrogen and oxygen atoms in total. The molecular formula is C10H19O4-. The minimum atomic E-state index is -0.959. The van der Waals surface area contributed by atoms with Gasteiger partial charge in [-0.25, -0.2) is 0 Å². The number of aliphatic hydroxyl groups is 2. The molecule has 0 aliphatic heterocycles. The first kappa shape index (κ1) is 13.4. The molecule has 2 N–H and O–H groups in total. The van der Waals surface area contributed by atoms with E-state index in [2.05, 4.69) is 6.92 Å². The number of carbonyl (C=O) groups excluding carboxylic acids is 1. The zero-order valence-electron chi connectivity index (χ0n) is 8.45. The van der Waals surface area contributed by atoms with Crippen molar-refractivity contribution in [1.82, 2.24) is 0 Å². The van der Waals surface area contributed by atoms with Crippen LogP contribution in [-0.2, 0) is 9.53 Å². The van der Waals surface area contributed by atoms with Gasteiger partial charge >= 0.3 is 5.97 Å². The van der Waals surface area contributed by atoms with Gasteiger partial charge in [-0.1, -0.05) is 12.8 Å². The van der Waals surface area contributed by atoms with E-state index in [4.69, 9.17) is 14.9 Å². The van der Waals surface area contributed by atoms with E-state index in [9.17, 15) is 4.79 Å². The summed E-state index contributed by atoms with van der Waals surface area (Å²) in [6, 6.07) is 0. The Labute approximate surface area is 84.9 Å². The molecule has 0 aromatic rings. The first-order chi connectivity index (χ1) is 6.70. The predicted molar refractivity (Wildman–Crippen MR) is 52.5 cm³/mol. The van der Waals surface area contributed by atoms with Crippen LogP contribution in [0.3, 0.4) is 0 Å². The van der Waals surface area contributed by atoms with Crippen LogP contribution in [0.1, 0.15) is 32.1 Å². The van der Waals surface area contributed by atoms with Crippen molar-refractivity contribution in [3.05, 3.63) is 6.92 Å². The number of carbonyl (C=O) groups is 1. The van der Waals surface area contributed by atoms with E-state index >= 15 is 0 Å². The first-order valence-electron chi connectivity index (χ1n) is 4.94. The third kappa shape index (κ3) is 8.01. The lowest BCUT2D eigenvalue weighted by Gasteiger charge is -2.08. The lowest BCUT2D eigenvalue weighted by atomic mass is 10.2. The molecule has 84 valence electrons. The number of ether oxygens (including phenoxy) is 1. The molecular weight excluding hydrogens is 184 g/mol. The Morgan fingerprint density at radius 1 is 1.36 bits per heavy atom. The van der Waals surface area contributed by atoms with Crippen LogP contribution in [0.2, 0.25) is 0 Å².